The van der Waals surface area contributed by atoms with Crippen molar-refractivity contribution in [2.75, 3.05) is 23.8 Å². The smallest absolute Gasteiger partial charge is 0.413 e. The average Bonchev–Trinajstić information content (AvgIpc) is 3.21. The molecule has 2 heterocycles. The maximum absolute atomic E-state index is 13.9. The predicted octanol–water partition coefficient (Wildman–Crippen LogP) is 6.78. The van der Waals surface area contributed by atoms with Crippen LogP contribution in [0.3, 0.4) is 0 Å². The summed E-state index contributed by atoms with van der Waals surface area (Å²) in [6, 6.07) is 4.60. The van der Waals surface area contributed by atoms with Gasteiger partial charge < -0.3 is 19.8 Å². The first-order chi connectivity index (χ1) is 16.6. The highest BCUT2D eigenvalue weighted by Crippen LogP contribution is 2.41. The minimum absolute atomic E-state index is 0.0362. The second kappa shape index (κ2) is 10.7. The Morgan fingerprint density at radius 3 is 2.56 bits per heavy atom. The van der Waals surface area contributed by atoms with E-state index in [9.17, 15) is 18.4 Å². The number of nitrogens with one attached hydrogen (secondary N) is 2. The summed E-state index contributed by atoms with van der Waals surface area (Å²) in [4.78, 5) is 8.68. The van der Waals surface area contributed by atoms with Crippen LogP contribution < -0.4 is 10.6 Å². The normalized spacial score (nSPS) is 18.7. The molecular weight excluding hydrogens is 555 g/mol. The fraction of sp³-hybridized carbons (Fsp3) is 0.542. The molecule has 2 aromatic rings. The quantitative estimate of drug-likeness (QED) is 0.346. The molecule has 7 nitrogen and oxygen atoms in total. The lowest BCUT2D eigenvalue weighted by molar-refractivity contribution is -0.138. The summed E-state index contributed by atoms with van der Waals surface area (Å²) in [5, 5.41) is 15.3. The highest BCUT2D eigenvalue weighted by molar-refractivity contribution is 9.10. The number of aryl methyl sites for hydroxylation is 1. The van der Waals surface area contributed by atoms with Crippen molar-refractivity contribution in [3.05, 3.63) is 39.5 Å². The van der Waals surface area contributed by atoms with Crippen molar-refractivity contribution >= 4 is 41.7 Å². The van der Waals surface area contributed by atoms with Crippen molar-refractivity contribution in [1.82, 2.24) is 9.97 Å². The molecule has 1 aromatic carbocycles. The van der Waals surface area contributed by atoms with E-state index < -0.39 is 20.1 Å². The van der Waals surface area contributed by atoms with E-state index in [4.69, 9.17) is 9.16 Å². The molecular formula is C24H31BrF3N5O2Si. The molecule has 0 aliphatic carbocycles. The minimum atomic E-state index is -4.57. The fourth-order valence-electron chi connectivity index (χ4n) is 3.32. The van der Waals surface area contributed by atoms with Crippen LogP contribution in [0.15, 0.2) is 22.8 Å². The number of halogens is 4. The van der Waals surface area contributed by atoms with Gasteiger partial charge in [-0.15, -0.1) is 0 Å². The van der Waals surface area contributed by atoms with Crippen molar-refractivity contribution in [2.24, 2.45) is 5.92 Å². The molecule has 1 aliphatic heterocycles. The lowest BCUT2D eigenvalue weighted by atomic mass is 10.1. The second-order valence-electron chi connectivity index (χ2n) is 10.4. The average molecular weight is 587 g/mol. The molecule has 0 unspecified atom stereocenters. The molecule has 1 fully saturated rings. The van der Waals surface area contributed by atoms with E-state index in [2.05, 4.69) is 76.5 Å². The Balaban J connectivity index is 1.90. The van der Waals surface area contributed by atoms with Crippen LogP contribution in [0.2, 0.25) is 18.1 Å². The SMILES string of the molecule is Cc1cnc(Nc2cc(CO[Si](C)(C)C(C)(C)C)c(Br)c(C(F)(F)F)c2)nc1N[C@@H]1COC[C@H]1C#N. The van der Waals surface area contributed by atoms with Crippen LogP contribution in [0, 0.1) is 24.2 Å². The summed E-state index contributed by atoms with van der Waals surface area (Å²) < 4.78 is 53.1. The number of alkyl halides is 3. The Morgan fingerprint density at radius 2 is 1.94 bits per heavy atom. The maximum atomic E-state index is 13.9. The van der Waals surface area contributed by atoms with E-state index >= 15 is 0 Å². The molecule has 0 spiro atoms. The van der Waals surface area contributed by atoms with E-state index in [0.29, 0.717) is 24.6 Å². The third kappa shape index (κ3) is 6.56. The summed E-state index contributed by atoms with van der Waals surface area (Å²) in [7, 11) is -2.19. The van der Waals surface area contributed by atoms with E-state index in [1.807, 2.05) is 0 Å². The number of ether oxygens (including phenoxy) is 1. The fourth-order valence-corrected chi connectivity index (χ4v) is 4.84. The second-order valence-corrected chi connectivity index (χ2v) is 16.0. The lowest BCUT2D eigenvalue weighted by Gasteiger charge is -2.36. The summed E-state index contributed by atoms with van der Waals surface area (Å²) in [5.74, 6) is 0.292. The van der Waals surface area contributed by atoms with Crippen LogP contribution in [0.1, 0.15) is 37.5 Å². The zero-order valence-corrected chi connectivity index (χ0v) is 23.8. The van der Waals surface area contributed by atoms with Crippen LogP contribution in [0.4, 0.5) is 30.6 Å². The Morgan fingerprint density at radius 1 is 1.25 bits per heavy atom. The summed E-state index contributed by atoms with van der Waals surface area (Å²) in [6.07, 6.45) is -3.00. The van der Waals surface area contributed by atoms with Gasteiger partial charge in [-0.25, -0.2) is 4.98 Å². The van der Waals surface area contributed by atoms with Gasteiger partial charge in [0.05, 0.1) is 43.4 Å². The monoisotopic (exact) mass is 585 g/mol. The van der Waals surface area contributed by atoms with Crippen molar-refractivity contribution in [3.8, 4) is 6.07 Å². The first-order valence-corrected chi connectivity index (χ1v) is 15.2. The van der Waals surface area contributed by atoms with Gasteiger partial charge in [0, 0.05) is 21.9 Å². The lowest BCUT2D eigenvalue weighted by Crippen LogP contribution is -2.40. The summed E-state index contributed by atoms with van der Waals surface area (Å²) in [5.41, 5.74) is 0.488. The van der Waals surface area contributed by atoms with Gasteiger partial charge in [0.2, 0.25) is 5.95 Å². The highest BCUT2D eigenvalue weighted by atomic mass is 79.9. The number of anilines is 3. The number of hydrogen-bond donors (Lipinski definition) is 2. The van der Waals surface area contributed by atoms with Gasteiger partial charge in [0.1, 0.15) is 5.82 Å². The van der Waals surface area contributed by atoms with Crippen molar-refractivity contribution in [1.29, 1.82) is 5.26 Å². The van der Waals surface area contributed by atoms with Crippen LogP contribution in [0.25, 0.3) is 0 Å². The Labute approximate surface area is 219 Å². The molecule has 196 valence electrons. The summed E-state index contributed by atoms with van der Waals surface area (Å²) in [6.45, 7) is 12.9. The van der Waals surface area contributed by atoms with Crippen LogP contribution >= 0.6 is 15.9 Å². The van der Waals surface area contributed by atoms with Crippen LogP contribution in [-0.4, -0.2) is 37.5 Å². The Kier molecular flexibility index (Phi) is 8.39. The van der Waals surface area contributed by atoms with Gasteiger partial charge in [-0.1, -0.05) is 20.8 Å². The largest absolute Gasteiger partial charge is 0.417 e. The van der Waals surface area contributed by atoms with E-state index in [-0.39, 0.29) is 39.7 Å². The molecule has 12 heteroatoms. The van der Waals surface area contributed by atoms with Crippen LogP contribution in [-0.2, 0) is 21.9 Å². The maximum Gasteiger partial charge on any atom is 0.417 e. The first kappa shape index (κ1) is 28.4. The molecule has 0 amide bonds. The van der Waals surface area contributed by atoms with Crippen molar-refractivity contribution < 1.29 is 22.3 Å². The van der Waals surface area contributed by atoms with Crippen molar-refractivity contribution in [2.45, 2.75) is 64.7 Å². The standard InChI is InChI=1S/C24H31BrF3N5O2Si/c1-14-10-30-22(33-21(14)32-19-13-34-11-16(19)9-29)31-17-7-15(12-35-36(5,6)23(2,3)4)20(25)18(8-17)24(26,27)28/h7-8,10,16,19H,11-13H2,1-6H3,(H2,30,31,32,33)/t16-,19-/m1/s1. The molecule has 0 bridgehead atoms. The van der Waals surface area contributed by atoms with Gasteiger partial charge in [0.25, 0.3) is 0 Å². The van der Waals surface area contributed by atoms with E-state index in [1.165, 1.54) is 0 Å². The minimum Gasteiger partial charge on any atom is -0.413 e. The predicted molar refractivity (Wildman–Crippen MR) is 139 cm³/mol. The highest BCUT2D eigenvalue weighted by Gasteiger charge is 2.38. The van der Waals surface area contributed by atoms with Gasteiger partial charge in [-0.05, 0) is 58.7 Å². The number of aromatic nitrogens is 2. The van der Waals surface area contributed by atoms with E-state index in [1.54, 1.807) is 19.2 Å². The molecule has 2 N–H and O–H groups in total. The molecule has 1 aromatic heterocycles. The van der Waals surface area contributed by atoms with Gasteiger partial charge in [0.15, 0.2) is 8.32 Å². The summed E-state index contributed by atoms with van der Waals surface area (Å²) >= 11 is 3.15. The van der Waals surface area contributed by atoms with Gasteiger partial charge in [-0.3, -0.25) is 0 Å². The number of benzene rings is 1. The molecule has 0 saturated carbocycles. The van der Waals surface area contributed by atoms with E-state index in [0.717, 1.165) is 11.6 Å². The molecule has 3 rings (SSSR count). The molecule has 1 saturated heterocycles. The molecule has 36 heavy (non-hydrogen) atoms. The molecule has 0 radical (unpaired) electrons. The third-order valence-electron chi connectivity index (χ3n) is 6.64. The number of hydrogen-bond acceptors (Lipinski definition) is 7. The van der Waals surface area contributed by atoms with Gasteiger partial charge in [-0.2, -0.15) is 23.4 Å². The zero-order valence-electron chi connectivity index (χ0n) is 21.2. The Hall–Kier alpha value is -2.20. The third-order valence-corrected chi connectivity index (χ3v) is 12.1. The first-order valence-electron chi connectivity index (χ1n) is 11.5. The molecule has 2 atom stereocenters. The van der Waals surface area contributed by atoms with Gasteiger partial charge >= 0.3 is 6.18 Å². The zero-order chi connectivity index (χ0) is 26.9. The number of nitriles is 1. The number of nitrogens with zero attached hydrogens (tertiary/aromatic N) is 3. The Bertz CT molecular complexity index is 1150. The molecule has 1 aliphatic rings. The van der Waals surface area contributed by atoms with Crippen molar-refractivity contribution in [3.63, 3.8) is 0 Å². The number of rotatable bonds is 7. The van der Waals surface area contributed by atoms with Crippen LogP contribution in [0.5, 0.6) is 0 Å². The topological polar surface area (TPSA) is 92.1 Å².